The van der Waals surface area contributed by atoms with Gasteiger partial charge in [-0.1, -0.05) is 17.3 Å². The minimum absolute atomic E-state index is 0.0174. The molecular formula is C18H15N3O4S. The summed E-state index contributed by atoms with van der Waals surface area (Å²) in [4.78, 5) is 30.3. The molecule has 2 aromatic heterocycles. The van der Waals surface area contributed by atoms with Crippen LogP contribution in [0.15, 0.2) is 45.6 Å². The maximum atomic E-state index is 12.5. The van der Waals surface area contributed by atoms with Gasteiger partial charge in [-0.25, -0.2) is 4.79 Å². The Morgan fingerprint density at radius 2 is 2.19 bits per heavy atom. The van der Waals surface area contributed by atoms with E-state index in [1.807, 2.05) is 16.8 Å². The second kappa shape index (κ2) is 7.09. The number of benzene rings is 1. The molecule has 0 radical (unpaired) electrons. The summed E-state index contributed by atoms with van der Waals surface area (Å²) >= 11 is 1.53. The molecule has 0 atom stereocenters. The van der Waals surface area contributed by atoms with Gasteiger partial charge in [0.15, 0.2) is 6.61 Å². The second-order valence-corrected chi connectivity index (χ2v) is 6.55. The molecular weight excluding hydrogens is 354 g/mol. The quantitative estimate of drug-likeness (QED) is 0.642. The molecule has 8 heteroatoms. The zero-order chi connectivity index (χ0) is 17.9. The molecule has 0 unspecified atom stereocenters. The van der Waals surface area contributed by atoms with Crippen LogP contribution in [0.3, 0.4) is 0 Å². The van der Waals surface area contributed by atoms with Crippen molar-refractivity contribution in [3.63, 3.8) is 0 Å². The average molecular weight is 369 g/mol. The lowest BCUT2D eigenvalue weighted by Crippen LogP contribution is -2.26. The molecule has 26 heavy (non-hydrogen) atoms. The van der Waals surface area contributed by atoms with Gasteiger partial charge in [0.2, 0.25) is 11.7 Å². The number of thiophene rings is 1. The fourth-order valence-electron chi connectivity index (χ4n) is 2.81. The van der Waals surface area contributed by atoms with Crippen LogP contribution in [-0.4, -0.2) is 28.6 Å². The second-order valence-electron chi connectivity index (χ2n) is 5.77. The zero-order valence-corrected chi connectivity index (χ0v) is 14.6. The van der Waals surface area contributed by atoms with Crippen LogP contribution in [0.4, 0.5) is 5.69 Å². The van der Waals surface area contributed by atoms with Gasteiger partial charge in [0.25, 0.3) is 5.89 Å². The van der Waals surface area contributed by atoms with Crippen molar-refractivity contribution in [1.29, 1.82) is 0 Å². The van der Waals surface area contributed by atoms with Gasteiger partial charge in [0, 0.05) is 18.3 Å². The number of aromatic nitrogens is 2. The Labute approximate surface area is 153 Å². The van der Waals surface area contributed by atoms with Crippen LogP contribution < -0.4 is 4.90 Å². The summed E-state index contributed by atoms with van der Waals surface area (Å²) in [5.74, 6) is 0.167. The predicted molar refractivity (Wildman–Crippen MR) is 94.8 cm³/mol. The predicted octanol–water partition coefficient (Wildman–Crippen LogP) is 3.28. The molecule has 1 aromatic carbocycles. The summed E-state index contributed by atoms with van der Waals surface area (Å²) in [6, 6.07) is 8.81. The van der Waals surface area contributed by atoms with Crippen molar-refractivity contribution in [3.05, 3.63) is 52.5 Å². The third-order valence-electron chi connectivity index (χ3n) is 4.06. The van der Waals surface area contributed by atoms with E-state index in [9.17, 15) is 9.59 Å². The van der Waals surface area contributed by atoms with Crippen LogP contribution >= 0.6 is 11.3 Å². The number of hydrogen-bond donors (Lipinski definition) is 0. The van der Waals surface area contributed by atoms with Crippen molar-refractivity contribution in [3.8, 4) is 11.5 Å². The van der Waals surface area contributed by atoms with E-state index in [-0.39, 0.29) is 18.3 Å². The Bertz CT molecular complexity index is 936. The Hall–Kier alpha value is -3.00. The molecule has 0 aliphatic carbocycles. The highest BCUT2D eigenvalue weighted by Gasteiger charge is 2.26. The number of hydrogen-bond acceptors (Lipinski definition) is 7. The smallest absolute Gasteiger partial charge is 0.340 e. The molecule has 1 saturated heterocycles. The van der Waals surface area contributed by atoms with Crippen LogP contribution in [0.25, 0.3) is 11.5 Å². The molecule has 132 valence electrons. The van der Waals surface area contributed by atoms with Crippen molar-refractivity contribution >= 4 is 28.9 Å². The van der Waals surface area contributed by atoms with Gasteiger partial charge >= 0.3 is 5.97 Å². The summed E-state index contributed by atoms with van der Waals surface area (Å²) in [5, 5.41) is 7.63. The number of anilines is 1. The van der Waals surface area contributed by atoms with E-state index < -0.39 is 5.97 Å². The van der Waals surface area contributed by atoms with E-state index in [0.717, 1.165) is 12.0 Å². The van der Waals surface area contributed by atoms with Crippen LogP contribution in [-0.2, 0) is 16.1 Å². The first-order valence-electron chi connectivity index (χ1n) is 8.14. The first-order chi connectivity index (χ1) is 12.7. The van der Waals surface area contributed by atoms with Crippen LogP contribution in [0, 0.1) is 0 Å². The van der Waals surface area contributed by atoms with Gasteiger partial charge in [-0.15, -0.1) is 0 Å². The molecule has 7 nitrogen and oxygen atoms in total. The monoisotopic (exact) mass is 369 g/mol. The Kier molecular flexibility index (Phi) is 4.49. The standard InChI is InChI=1S/C18H15N3O4S/c22-16-6-3-8-21(16)14-5-2-1-4-13(14)18(23)24-10-15-19-17(25-20-15)12-7-9-26-11-12/h1-2,4-5,7,9,11H,3,6,8,10H2. The molecule has 0 spiro atoms. The number of para-hydroxylation sites is 1. The average Bonchev–Trinajstić information content (AvgIpc) is 3.41. The van der Waals surface area contributed by atoms with Crippen LogP contribution in [0.5, 0.6) is 0 Å². The van der Waals surface area contributed by atoms with E-state index in [4.69, 9.17) is 9.26 Å². The Morgan fingerprint density at radius 3 is 2.96 bits per heavy atom. The van der Waals surface area contributed by atoms with Crippen LogP contribution in [0.2, 0.25) is 0 Å². The molecule has 0 N–H and O–H groups in total. The summed E-state index contributed by atoms with van der Waals surface area (Å²) in [7, 11) is 0. The Morgan fingerprint density at radius 1 is 1.31 bits per heavy atom. The third kappa shape index (κ3) is 3.23. The normalized spacial score (nSPS) is 14.0. The lowest BCUT2D eigenvalue weighted by Gasteiger charge is -2.18. The van der Waals surface area contributed by atoms with Crippen molar-refractivity contribution in [1.82, 2.24) is 10.1 Å². The van der Waals surface area contributed by atoms with Gasteiger partial charge in [-0.3, -0.25) is 4.79 Å². The fourth-order valence-corrected chi connectivity index (χ4v) is 3.44. The molecule has 1 aliphatic heterocycles. The van der Waals surface area contributed by atoms with Crippen molar-refractivity contribution in [2.45, 2.75) is 19.4 Å². The van der Waals surface area contributed by atoms with Crippen LogP contribution in [0.1, 0.15) is 29.0 Å². The van der Waals surface area contributed by atoms with Gasteiger partial charge in [0.1, 0.15) is 0 Å². The number of carbonyl (C=O) groups is 2. The fraction of sp³-hybridized carbons (Fsp3) is 0.222. The van der Waals surface area contributed by atoms with Gasteiger partial charge in [-0.05, 0) is 30.0 Å². The maximum absolute atomic E-state index is 12.5. The lowest BCUT2D eigenvalue weighted by molar-refractivity contribution is -0.117. The third-order valence-corrected chi connectivity index (χ3v) is 4.74. The molecule has 1 amide bonds. The number of rotatable bonds is 5. The number of carbonyl (C=O) groups excluding carboxylic acids is 2. The molecule has 0 bridgehead atoms. The summed E-state index contributed by atoms with van der Waals surface area (Å²) in [5.41, 5.74) is 1.76. The Balaban J connectivity index is 1.47. The van der Waals surface area contributed by atoms with E-state index in [0.29, 0.717) is 30.1 Å². The molecule has 3 aromatic rings. The first-order valence-corrected chi connectivity index (χ1v) is 9.08. The summed E-state index contributed by atoms with van der Waals surface area (Å²) in [6.45, 7) is 0.507. The van der Waals surface area contributed by atoms with E-state index in [1.54, 1.807) is 29.2 Å². The number of nitrogens with zero attached hydrogens (tertiary/aromatic N) is 3. The van der Waals surface area contributed by atoms with E-state index in [2.05, 4.69) is 10.1 Å². The van der Waals surface area contributed by atoms with Gasteiger partial charge in [-0.2, -0.15) is 16.3 Å². The first kappa shape index (κ1) is 16.5. The lowest BCUT2D eigenvalue weighted by atomic mass is 10.1. The van der Waals surface area contributed by atoms with E-state index >= 15 is 0 Å². The minimum Gasteiger partial charge on any atom is -0.454 e. The van der Waals surface area contributed by atoms with Crippen molar-refractivity contribution in [2.75, 3.05) is 11.4 Å². The van der Waals surface area contributed by atoms with Gasteiger partial charge in [0.05, 0.1) is 16.8 Å². The topological polar surface area (TPSA) is 85.5 Å². The molecule has 3 heterocycles. The number of amides is 1. The van der Waals surface area contributed by atoms with Crippen molar-refractivity contribution < 1.29 is 18.8 Å². The molecule has 0 saturated carbocycles. The zero-order valence-electron chi connectivity index (χ0n) is 13.8. The molecule has 1 fully saturated rings. The highest BCUT2D eigenvalue weighted by atomic mass is 32.1. The highest BCUT2D eigenvalue weighted by Crippen LogP contribution is 2.26. The highest BCUT2D eigenvalue weighted by molar-refractivity contribution is 7.08. The molecule has 4 rings (SSSR count). The number of ether oxygens (including phenoxy) is 1. The largest absolute Gasteiger partial charge is 0.454 e. The maximum Gasteiger partial charge on any atom is 0.340 e. The molecule has 1 aliphatic rings. The number of esters is 1. The van der Waals surface area contributed by atoms with Crippen molar-refractivity contribution in [2.24, 2.45) is 0 Å². The summed E-state index contributed by atoms with van der Waals surface area (Å²) < 4.78 is 10.5. The minimum atomic E-state index is -0.526. The SMILES string of the molecule is O=C(OCc1noc(-c2ccsc2)n1)c1ccccc1N1CCCC1=O. The van der Waals surface area contributed by atoms with E-state index in [1.165, 1.54) is 11.3 Å². The summed E-state index contributed by atoms with van der Waals surface area (Å²) in [6.07, 6.45) is 1.29. The van der Waals surface area contributed by atoms with Gasteiger partial charge < -0.3 is 14.2 Å².